The van der Waals surface area contributed by atoms with Crippen molar-refractivity contribution in [2.75, 3.05) is 14.1 Å². The van der Waals surface area contributed by atoms with Crippen molar-refractivity contribution in [1.82, 2.24) is 14.8 Å². The van der Waals surface area contributed by atoms with Gasteiger partial charge >= 0.3 is 0 Å². The minimum absolute atomic E-state index is 0.0295. The molecule has 0 unspecified atom stereocenters. The first-order chi connectivity index (χ1) is 14.8. The number of hydrogen-bond acceptors (Lipinski definition) is 4. The molecule has 0 aliphatic carbocycles. The van der Waals surface area contributed by atoms with E-state index in [9.17, 15) is 19.7 Å². The van der Waals surface area contributed by atoms with E-state index < -0.39 is 17.0 Å². The minimum atomic E-state index is -0.744. The molecule has 1 aromatic heterocycles. The topological polar surface area (TPSA) is 99.5 Å². The molecule has 0 bridgehead atoms. The first-order valence-electron chi connectivity index (χ1n) is 9.79. The predicted molar refractivity (Wildman–Crippen MR) is 117 cm³/mol. The lowest BCUT2D eigenvalue weighted by atomic mass is 9.95. The number of nitro benzene ring substituents is 1. The number of nitro groups is 1. The molecule has 1 N–H and O–H groups in total. The van der Waals surface area contributed by atoms with Gasteiger partial charge in [0.25, 0.3) is 5.69 Å². The van der Waals surface area contributed by atoms with E-state index in [1.807, 2.05) is 12.1 Å². The maximum atomic E-state index is 13.2. The summed E-state index contributed by atoms with van der Waals surface area (Å²) < 4.78 is 0. The minimum Gasteiger partial charge on any atom is -0.361 e. The number of benzene rings is 2. The maximum Gasteiger partial charge on any atom is 0.279 e. The maximum absolute atomic E-state index is 13.2. The normalized spacial score (nSPS) is 19.3. The van der Waals surface area contributed by atoms with Crippen LogP contribution in [0.2, 0.25) is 5.02 Å². The number of fused-ring (bicyclic) bond motifs is 1. The second-order valence-corrected chi connectivity index (χ2v) is 8.18. The number of aromatic amines is 1. The Bertz CT molecular complexity index is 1190. The zero-order chi connectivity index (χ0) is 22.3. The van der Waals surface area contributed by atoms with Crippen LogP contribution in [0.15, 0.2) is 48.7 Å². The third-order valence-corrected chi connectivity index (χ3v) is 6.13. The van der Waals surface area contributed by atoms with Crippen LogP contribution in [0, 0.1) is 10.1 Å². The second-order valence-electron chi connectivity index (χ2n) is 7.74. The molecule has 2 aromatic carbocycles. The molecule has 4 rings (SSSR count). The van der Waals surface area contributed by atoms with E-state index in [2.05, 4.69) is 4.98 Å². The molecule has 2 atom stereocenters. The SMILES string of the molecule is CN1C(=O)[C@H](Cc2c[nH]c3cccc([N+](=O)[O-])c23)N(C)C(=O)[C@@H]1Cc1cccc(Cl)c1. The van der Waals surface area contributed by atoms with E-state index in [1.165, 1.54) is 15.9 Å². The third-order valence-electron chi connectivity index (χ3n) is 5.89. The fraction of sp³-hybridized carbons (Fsp3) is 0.273. The van der Waals surface area contributed by atoms with Crippen LogP contribution in [0.4, 0.5) is 5.69 Å². The van der Waals surface area contributed by atoms with Gasteiger partial charge in [0.05, 0.1) is 15.8 Å². The molecular weight excluding hydrogens is 420 g/mol. The number of aromatic nitrogens is 1. The summed E-state index contributed by atoms with van der Waals surface area (Å²) in [6.45, 7) is 0. The Morgan fingerprint density at radius 3 is 2.32 bits per heavy atom. The summed E-state index contributed by atoms with van der Waals surface area (Å²) >= 11 is 6.05. The van der Waals surface area contributed by atoms with Crippen molar-refractivity contribution in [3.05, 3.63) is 74.9 Å². The van der Waals surface area contributed by atoms with E-state index in [0.29, 0.717) is 27.9 Å². The number of rotatable bonds is 5. The van der Waals surface area contributed by atoms with Gasteiger partial charge in [-0.25, -0.2) is 0 Å². The van der Waals surface area contributed by atoms with Crippen molar-refractivity contribution in [3.63, 3.8) is 0 Å². The van der Waals surface area contributed by atoms with E-state index >= 15 is 0 Å². The summed E-state index contributed by atoms with van der Waals surface area (Å²) in [5, 5.41) is 12.5. The van der Waals surface area contributed by atoms with Gasteiger partial charge in [0.2, 0.25) is 11.8 Å². The number of hydrogen-bond donors (Lipinski definition) is 1. The Kier molecular flexibility index (Phi) is 5.41. The van der Waals surface area contributed by atoms with Gasteiger partial charge in [0, 0.05) is 44.2 Å². The monoisotopic (exact) mass is 440 g/mol. The van der Waals surface area contributed by atoms with E-state index in [0.717, 1.165) is 5.56 Å². The molecule has 1 aliphatic heterocycles. The molecule has 1 fully saturated rings. The first-order valence-corrected chi connectivity index (χ1v) is 10.2. The van der Waals surface area contributed by atoms with Gasteiger partial charge in [-0.2, -0.15) is 0 Å². The van der Waals surface area contributed by atoms with Crippen molar-refractivity contribution < 1.29 is 14.5 Å². The zero-order valence-electron chi connectivity index (χ0n) is 17.0. The first kappa shape index (κ1) is 20.9. The van der Waals surface area contributed by atoms with Crippen molar-refractivity contribution >= 4 is 40.0 Å². The van der Waals surface area contributed by atoms with Crippen molar-refractivity contribution in [1.29, 1.82) is 0 Å². The van der Waals surface area contributed by atoms with Crippen LogP contribution in [-0.4, -0.2) is 57.7 Å². The van der Waals surface area contributed by atoms with Gasteiger partial charge in [-0.05, 0) is 29.3 Å². The lowest BCUT2D eigenvalue weighted by Gasteiger charge is -2.42. The molecule has 2 amide bonds. The number of non-ortho nitro benzene ring substituents is 1. The smallest absolute Gasteiger partial charge is 0.279 e. The van der Waals surface area contributed by atoms with Gasteiger partial charge < -0.3 is 14.8 Å². The highest BCUT2D eigenvalue weighted by molar-refractivity contribution is 6.30. The molecular formula is C22H21ClN4O4. The molecule has 160 valence electrons. The molecule has 0 saturated carbocycles. The van der Waals surface area contributed by atoms with Gasteiger partial charge in [-0.3, -0.25) is 19.7 Å². The van der Waals surface area contributed by atoms with E-state index in [-0.39, 0.29) is 23.9 Å². The lowest BCUT2D eigenvalue weighted by molar-refractivity contribution is -0.383. The van der Waals surface area contributed by atoms with Crippen molar-refractivity contribution in [3.8, 4) is 0 Å². The van der Waals surface area contributed by atoms with E-state index in [4.69, 9.17) is 11.6 Å². The number of carbonyl (C=O) groups excluding carboxylic acids is 2. The summed E-state index contributed by atoms with van der Waals surface area (Å²) in [6, 6.07) is 10.6. The number of nitrogens with zero attached hydrogens (tertiary/aromatic N) is 3. The molecule has 2 heterocycles. The van der Waals surface area contributed by atoms with Gasteiger partial charge in [0.15, 0.2) is 0 Å². The molecule has 9 heteroatoms. The fourth-order valence-corrected chi connectivity index (χ4v) is 4.41. The molecule has 8 nitrogen and oxygen atoms in total. The van der Waals surface area contributed by atoms with Crippen molar-refractivity contribution in [2.45, 2.75) is 24.9 Å². The van der Waals surface area contributed by atoms with Crippen LogP contribution in [-0.2, 0) is 22.4 Å². The molecule has 1 saturated heterocycles. The predicted octanol–water partition coefficient (Wildman–Crippen LogP) is 3.18. The Balaban J connectivity index is 1.62. The van der Waals surface area contributed by atoms with Gasteiger partial charge in [-0.15, -0.1) is 0 Å². The van der Waals surface area contributed by atoms with Gasteiger partial charge in [0.1, 0.15) is 12.1 Å². The average Bonchev–Trinajstić information content (AvgIpc) is 3.16. The van der Waals surface area contributed by atoms with Crippen LogP contribution >= 0.6 is 11.6 Å². The van der Waals surface area contributed by atoms with Crippen LogP contribution < -0.4 is 0 Å². The van der Waals surface area contributed by atoms with E-state index in [1.54, 1.807) is 44.6 Å². The fourth-order valence-electron chi connectivity index (χ4n) is 4.20. The summed E-state index contributed by atoms with van der Waals surface area (Å²) in [7, 11) is 3.22. The number of carbonyl (C=O) groups is 2. The van der Waals surface area contributed by atoms with Crippen molar-refractivity contribution in [2.24, 2.45) is 0 Å². The molecule has 31 heavy (non-hydrogen) atoms. The lowest BCUT2D eigenvalue weighted by Crippen LogP contribution is -2.63. The number of halogens is 1. The van der Waals surface area contributed by atoms with Crippen LogP contribution in [0.5, 0.6) is 0 Å². The molecule has 3 aromatic rings. The number of nitrogens with one attached hydrogen (secondary N) is 1. The van der Waals surface area contributed by atoms with Crippen LogP contribution in [0.1, 0.15) is 11.1 Å². The summed E-state index contributed by atoms with van der Waals surface area (Å²) in [5.74, 6) is -0.386. The number of H-pyrrole nitrogens is 1. The Labute approximate surface area is 183 Å². The quantitative estimate of drug-likeness (QED) is 0.486. The molecule has 0 spiro atoms. The highest BCUT2D eigenvalue weighted by Gasteiger charge is 2.42. The Morgan fingerprint density at radius 1 is 1.03 bits per heavy atom. The standard InChI is InChI=1S/C22H21ClN4O4/c1-25-18(10-13-5-3-6-15(23)9-13)21(28)26(2)19(22(25)29)11-14-12-24-16-7-4-8-17(20(14)16)27(30)31/h3-9,12,18-19,24H,10-11H2,1-2H3/t18-,19-/m0/s1. The molecule has 0 radical (unpaired) electrons. The Morgan fingerprint density at radius 2 is 1.68 bits per heavy atom. The summed E-state index contributed by atoms with van der Waals surface area (Å²) in [5.41, 5.74) is 2.08. The summed E-state index contributed by atoms with van der Waals surface area (Å²) in [4.78, 5) is 43.3. The number of likely N-dealkylation sites (N-methyl/N-ethyl adjacent to an activating group) is 2. The van der Waals surface area contributed by atoms with Crippen LogP contribution in [0.3, 0.4) is 0 Å². The van der Waals surface area contributed by atoms with Gasteiger partial charge in [-0.1, -0.05) is 29.8 Å². The molecule has 1 aliphatic rings. The Hall–Kier alpha value is -3.39. The highest BCUT2D eigenvalue weighted by atomic mass is 35.5. The largest absolute Gasteiger partial charge is 0.361 e. The summed E-state index contributed by atoms with van der Waals surface area (Å²) in [6.07, 6.45) is 2.21. The number of piperazine rings is 1. The van der Waals surface area contributed by atoms with Crippen LogP contribution in [0.25, 0.3) is 10.9 Å². The third kappa shape index (κ3) is 3.74. The number of amides is 2. The average molecular weight is 441 g/mol. The second kappa shape index (κ2) is 8.03. The highest BCUT2D eigenvalue weighted by Crippen LogP contribution is 2.31. The zero-order valence-corrected chi connectivity index (χ0v) is 17.8.